The van der Waals surface area contributed by atoms with Crippen LogP contribution in [0.25, 0.3) is 0 Å². The average molecular weight is 382 g/mol. The highest BCUT2D eigenvalue weighted by atomic mass is 19.1. The molecule has 3 rings (SSSR count). The van der Waals surface area contributed by atoms with E-state index in [1.54, 1.807) is 49.4 Å². The topological polar surface area (TPSA) is 66.9 Å². The summed E-state index contributed by atoms with van der Waals surface area (Å²) in [5.74, 6) is -0.780. The Morgan fingerprint density at radius 3 is 2.29 bits per heavy atom. The minimum atomic E-state index is -0.425. The van der Waals surface area contributed by atoms with E-state index in [2.05, 4.69) is 20.6 Å². The van der Waals surface area contributed by atoms with Crippen molar-refractivity contribution in [1.82, 2.24) is 15.3 Å². The molecule has 2 N–H and O–H groups in total. The van der Waals surface area contributed by atoms with Crippen LogP contribution in [0.4, 0.5) is 14.7 Å². The van der Waals surface area contributed by atoms with Crippen molar-refractivity contribution in [2.45, 2.75) is 19.9 Å². The molecule has 0 aliphatic carbocycles. The zero-order chi connectivity index (χ0) is 19.9. The number of rotatable bonds is 7. The Morgan fingerprint density at radius 2 is 1.61 bits per heavy atom. The van der Waals surface area contributed by atoms with Gasteiger partial charge in [0.05, 0.1) is 0 Å². The molecule has 7 heteroatoms. The third-order valence-corrected chi connectivity index (χ3v) is 4.12. The Balaban J connectivity index is 1.61. The molecule has 1 aromatic heterocycles. The molecule has 0 aliphatic heterocycles. The molecular formula is C21H20F2N4O. The van der Waals surface area contributed by atoms with E-state index >= 15 is 0 Å². The van der Waals surface area contributed by atoms with Gasteiger partial charge >= 0.3 is 0 Å². The first kappa shape index (κ1) is 19.4. The summed E-state index contributed by atoms with van der Waals surface area (Å²) in [6.45, 7) is 2.22. The Labute approximate surface area is 161 Å². The molecule has 0 fully saturated rings. The summed E-state index contributed by atoms with van der Waals surface area (Å²) < 4.78 is 27.3. The Morgan fingerprint density at radius 1 is 0.964 bits per heavy atom. The van der Waals surface area contributed by atoms with Gasteiger partial charge in [-0.1, -0.05) is 36.4 Å². The lowest BCUT2D eigenvalue weighted by Gasteiger charge is -2.09. The van der Waals surface area contributed by atoms with Crippen molar-refractivity contribution in [3.05, 3.63) is 88.7 Å². The fourth-order valence-corrected chi connectivity index (χ4v) is 2.68. The van der Waals surface area contributed by atoms with Crippen LogP contribution in [0.15, 0.2) is 54.6 Å². The normalized spacial score (nSPS) is 10.5. The molecule has 1 amide bonds. The van der Waals surface area contributed by atoms with Crippen molar-refractivity contribution < 1.29 is 13.6 Å². The van der Waals surface area contributed by atoms with E-state index in [9.17, 15) is 13.6 Å². The number of nitrogens with one attached hydrogen (secondary N) is 2. The molecule has 0 atom stereocenters. The predicted octanol–water partition coefficient (Wildman–Crippen LogP) is 3.65. The zero-order valence-corrected chi connectivity index (χ0v) is 15.4. The Hall–Kier alpha value is -3.35. The number of hydrogen-bond donors (Lipinski definition) is 2. The maximum atomic E-state index is 13.7. The van der Waals surface area contributed by atoms with Gasteiger partial charge in [0.2, 0.25) is 5.95 Å². The van der Waals surface area contributed by atoms with Gasteiger partial charge in [-0.05, 0) is 37.1 Å². The average Bonchev–Trinajstić information content (AvgIpc) is 2.68. The van der Waals surface area contributed by atoms with Crippen LogP contribution in [0.1, 0.15) is 27.3 Å². The first-order valence-corrected chi connectivity index (χ1v) is 8.87. The van der Waals surface area contributed by atoms with E-state index in [0.29, 0.717) is 29.8 Å². The molecule has 1 heterocycles. The van der Waals surface area contributed by atoms with Crippen LogP contribution < -0.4 is 10.6 Å². The van der Waals surface area contributed by atoms with E-state index in [0.717, 1.165) is 0 Å². The lowest BCUT2D eigenvalue weighted by Crippen LogP contribution is -2.25. The lowest BCUT2D eigenvalue weighted by molar-refractivity contribution is 0.0945. The molecule has 144 valence electrons. The van der Waals surface area contributed by atoms with E-state index in [4.69, 9.17) is 0 Å². The number of carbonyl (C=O) groups is 1. The van der Waals surface area contributed by atoms with Crippen LogP contribution in [0.5, 0.6) is 0 Å². The van der Waals surface area contributed by atoms with Gasteiger partial charge in [-0.3, -0.25) is 4.79 Å². The summed E-state index contributed by atoms with van der Waals surface area (Å²) in [6.07, 6.45) is 0.457. The number of benzene rings is 2. The van der Waals surface area contributed by atoms with Gasteiger partial charge in [0.1, 0.15) is 17.3 Å². The standard InChI is InChI=1S/C21H20F2N4O/c1-14-12-19(20(28)25-13-16-7-3-5-9-18(16)23)27-21(26-14)24-11-10-15-6-2-4-8-17(15)22/h2-9,12H,10-11,13H2,1H3,(H,25,28)(H,24,26,27). The number of carbonyl (C=O) groups excluding carboxylic acids is 1. The molecule has 2 aromatic carbocycles. The van der Waals surface area contributed by atoms with E-state index in [-0.39, 0.29) is 29.8 Å². The molecule has 0 saturated carbocycles. The number of aromatic nitrogens is 2. The van der Waals surface area contributed by atoms with Crippen molar-refractivity contribution in [3.8, 4) is 0 Å². The maximum absolute atomic E-state index is 13.7. The first-order valence-electron chi connectivity index (χ1n) is 8.87. The van der Waals surface area contributed by atoms with Crippen LogP contribution in [0.2, 0.25) is 0 Å². The summed E-state index contributed by atoms with van der Waals surface area (Å²) >= 11 is 0. The van der Waals surface area contributed by atoms with Crippen molar-refractivity contribution in [1.29, 1.82) is 0 Å². The van der Waals surface area contributed by atoms with Gasteiger partial charge in [0, 0.05) is 24.3 Å². The van der Waals surface area contributed by atoms with Gasteiger partial charge in [0.15, 0.2) is 0 Å². The monoisotopic (exact) mass is 382 g/mol. The Kier molecular flexibility index (Phi) is 6.26. The third-order valence-electron chi connectivity index (χ3n) is 4.12. The molecule has 5 nitrogen and oxygen atoms in total. The molecular weight excluding hydrogens is 362 g/mol. The fraction of sp³-hybridized carbons (Fsp3) is 0.190. The summed E-state index contributed by atoms with van der Waals surface area (Å²) in [7, 11) is 0. The summed E-state index contributed by atoms with van der Waals surface area (Å²) in [5, 5.41) is 5.66. The van der Waals surface area contributed by atoms with Crippen LogP contribution in [-0.2, 0) is 13.0 Å². The molecule has 0 bridgehead atoms. The third kappa shape index (κ3) is 5.09. The van der Waals surface area contributed by atoms with Crippen molar-refractivity contribution in [2.75, 3.05) is 11.9 Å². The minimum Gasteiger partial charge on any atom is -0.354 e. The second-order valence-electron chi connectivity index (χ2n) is 6.26. The quantitative estimate of drug-likeness (QED) is 0.655. The number of nitrogens with zero attached hydrogens (tertiary/aromatic N) is 2. The predicted molar refractivity (Wildman–Crippen MR) is 103 cm³/mol. The smallest absolute Gasteiger partial charge is 0.270 e. The van der Waals surface area contributed by atoms with Gasteiger partial charge in [0.25, 0.3) is 5.91 Å². The number of amides is 1. The number of aryl methyl sites for hydroxylation is 1. The number of hydrogen-bond acceptors (Lipinski definition) is 4. The maximum Gasteiger partial charge on any atom is 0.270 e. The molecule has 0 saturated heterocycles. The van der Waals surface area contributed by atoms with Crippen LogP contribution in [0, 0.1) is 18.6 Å². The van der Waals surface area contributed by atoms with Gasteiger partial charge in [-0.25, -0.2) is 18.7 Å². The highest BCUT2D eigenvalue weighted by Crippen LogP contribution is 2.10. The van der Waals surface area contributed by atoms with E-state index in [1.807, 2.05) is 0 Å². The van der Waals surface area contributed by atoms with Crippen molar-refractivity contribution in [2.24, 2.45) is 0 Å². The van der Waals surface area contributed by atoms with E-state index in [1.165, 1.54) is 12.1 Å². The molecule has 28 heavy (non-hydrogen) atoms. The van der Waals surface area contributed by atoms with Gasteiger partial charge in [-0.2, -0.15) is 0 Å². The largest absolute Gasteiger partial charge is 0.354 e. The Bertz CT molecular complexity index is 978. The second kappa shape index (κ2) is 9.03. The summed E-state index contributed by atoms with van der Waals surface area (Å²) in [6, 6.07) is 14.3. The first-order chi connectivity index (χ1) is 13.5. The highest BCUT2D eigenvalue weighted by molar-refractivity contribution is 5.92. The van der Waals surface area contributed by atoms with Gasteiger partial charge in [-0.15, -0.1) is 0 Å². The molecule has 0 spiro atoms. The lowest BCUT2D eigenvalue weighted by atomic mass is 10.1. The molecule has 0 radical (unpaired) electrons. The van der Waals surface area contributed by atoms with Crippen molar-refractivity contribution >= 4 is 11.9 Å². The van der Waals surface area contributed by atoms with E-state index < -0.39 is 5.91 Å². The molecule has 3 aromatic rings. The van der Waals surface area contributed by atoms with Crippen LogP contribution in [0.3, 0.4) is 0 Å². The molecule has 0 unspecified atom stereocenters. The van der Waals surface area contributed by atoms with Crippen molar-refractivity contribution in [3.63, 3.8) is 0 Å². The number of anilines is 1. The minimum absolute atomic E-state index is 0.0601. The van der Waals surface area contributed by atoms with Crippen LogP contribution in [-0.4, -0.2) is 22.4 Å². The fourth-order valence-electron chi connectivity index (χ4n) is 2.68. The van der Waals surface area contributed by atoms with Crippen LogP contribution >= 0.6 is 0 Å². The summed E-state index contributed by atoms with van der Waals surface area (Å²) in [4.78, 5) is 20.8. The number of halogens is 2. The summed E-state index contributed by atoms with van der Waals surface area (Å²) in [5.41, 5.74) is 1.77. The van der Waals surface area contributed by atoms with Gasteiger partial charge < -0.3 is 10.6 Å². The molecule has 0 aliphatic rings. The zero-order valence-electron chi connectivity index (χ0n) is 15.4. The SMILES string of the molecule is Cc1cc(C(=O)NCc2ccccc2F)nc(NCCc2ccccc2F)n1. The highest BCUT2D eigenvalue weighted by Gasteiger charge is 2.11. The second-order valence-corrected chi connectivity index (χ2v) is 6.26.